The first-order valence-corrected chi connectivity index (χ1v) is 19.4. The molecule has 1 spiro atoms. The molecule has 4 atom stereocenters. The fourth-order valence-electron chi connectivity index (χ4n) is 9.37. The fourth-order valence-corrected chi connectivity index (χ4v) is 9.37. The maximum atomic E-state index is 14.7. The number of aryl methyl sites for hydroxylation is 1. The number of nitrogens with one attached hydrogen (secondary N) is 1. The molecule has 14 heteroatoms. The van der Waals surface area contributed by atoms with Gasteiger partial charge in [-0.05, 0) is 94.7 Å². The molecule has 0 radical (unpaired) electrons. The number of anilines is 2. The summed E-state index contributed by atoms with van der Waals surface area (Å²) in [5, 5.41) is 7.57. The third kappa shape index (κ3) is 7.02. The Morgan fingerprint density at radius 1 is 1.11 bits per heavy atom. The quantitative estimate of drug-likeness (QED) is 0.339. The molecule has 13 nitrogen and oxygen atoms in total. The largest absolute Gasteiger partial charge is 0.461 e. The second-order valence-corrected chi connectivity index (χ2v) is 17.3. The summed E-state index contributed by atoms with van der Waals surface area (Å²) in [6.07, 6.45) is 3.99. The van der Waals surface area contributed by atoms with Crippen LogP contribution < -0.4 is 15.0 Å². The van der Waals surface area contributed by atoms with E-state index < -0.39 is 23.5 Å². The van der Waals surface area contributed by atoms with Crippen LogP contribution in [0.5, 0.6) is 6.01 Å². The maximum absolute atomic E-state index is 14.7. The van der Waals surface area contributed by atoms with Crippen LogP contribution in [-0.4, -0.2) is 99.2 Å². The second kappa shape index (κ2) is 13.8. The van der Waals surface area contributed by atoms with Gasteiger partial charge in [-0.25, -0.2) is 9.18 Å². The molecule has 3 aromatic rings. The van der Waals surface area contributed by atoms with Crippen LogP contribution in [-0.2, 0) is 47.6 Å². The molecular weight excluding hydrogens is 691 g/mol. The van der Waals surface area contributed by atoms with Gasteiger partial charge < -0.3 is 24.0 Å². The van der Waals surface area contributed by atoms with Crippen molar-refractivity contribution in [1.29, 1.82) is 0 Å². The van der Waals surface area contributed by atoms with E-state index in [0.29, 0.717) is 63.0 Å². The molecule has 290 valence electrons. The van der Waals surface area contributed by atoms with Crippen LogP contribution >= 0.6 is 0 Å². The summed E-state index contributed by atoms with van der Waals surface area (Å²) in [7, 11) is 3.46. The standard InChI is InChI=1S/C40H53FN8O5/c1-25-15-26-9-10-28(42-37(51)54-38(2,3)4)16-31(26)40(18-25)20-33-30(23-53-40)34(44-36(43-33)52-24-39-11-7-13-48(39)21-27(41)19-39)47-12-8-14-49-29(22-47)17-32(45-49)35(50)46(5)6/h9-10,16-17,25,27H,7-8,11-15,18-24H2,1-6H3,(H,42,51)/t25?,27-,39+,40?/m1/s1. The van der Waals surface area contributed by atoms with E-state index in [1.54, 1.807) is 19.0 Å². The van der Waals surface area contributed by atoms with Gasteiger partial charge in [-0.1, -0.05) is 13.0 Å². The monoisotopic (exact) mass is 744 g/mol. The molecule has 0 bridgehead atoms. The molecule has 2 saturated heterocycles. The third-order valence-electron chi connectivity index (χ3n) is 11.7. The lowest BCUT2D eigenvalue weighted by Crippen LogP contribution is -2.44. The second-order valence-electron chi connectivity index (χ2n) is 17.3. The zero-order valence-corrected chi connectivity index (χ0v) is 32.4. The van der Waals surface area contributed by atoms with Crippen LogP contribution in [0.1, 0.15) is 98.4 Å². The van der Waals surface area contributed by atoms with Crippen molar-refractivity contribution in [1.82, 2.24) is 29.5 Å². The zero-order valence-electron chi connectivity index (χ0n) is 32.4. The smallest absolute Gasteiger partial charge is 0.412 e. The number of fused-ring (bicyclic) bond motifs is 5. The summed E-state index contributed by atoms with van der Waals surface area (Å²) in [5.74, 6) is 0.972. The van der Waals surface area contributed by atoms with Gasteiger partial charge in [0.25, 0.3) is 5.91 Å². The summed E-state index contributed by atoms with van der Waals surface area (Å²) in [6, 6.07) is 8.20. The van der Waals surface area contributed by atoms with Crippen LogP contribution in [0.25, 0.3) is 0 Å². The van der Waals surface area contributed by atoms with Crippen molar-refractivity contribution in [3.8, 4) is 6.01 Å². The highest BCUT2D eigenvalue weighted by Gasteiger charge is 2.50. The Morgan fingerprint density at radius 2 is 1.94 bits per heavy atom. The van der Waals surface area contributed by atoms with Gasteiger partial charge in [0.1, 0.15) is 24.2 Å². The van der Waals surface area contributed by atoms with Gasteiger partial charge in [0.05, 0.1) is 35.7 Å². The van der Waals surface area contributed by atoms with E-state index in [9.17, 15) is 14.0 Å². The topological polar surface area (TPSA) is 127 Å². The number of benzene rings is 1. The summed E-state index contributed by atoms with van der Waals surface area (Å²) >= 11 is 0. The first kappa shape index (κ1) is 36.7. The SMILES string of the molecule is CC1Cc2ccc(NC(=O)OC(C)(C)C)cc2C2(Cc3nc(OC[C@@]45CCCN4C[C@H](F)C5)nc(N4CCCn5nc(C(=O)N(C)C)cc5C4)c3CO2)C1. The predicted molar refractivity (Wildman–Crippen MR) is 200 cm³/mol. The minimum absolute atomic E-state index is 0.134. The van der Waals surface area contributed by atoms with Crippen molar-refractivity contribution in [2.45, 2.75) is 115 Å². The van der Waals surface area contributed by atoms with E-state index in [-0.39, 0.29) is 17.5 Å². The molecular formula is C40H53FN8O5. The molecule has 8 rings (SSSR count). The Kier molecular flexibility index (Phi) is 9.35. The molecule has 54 heavy (non-hydrogen) atoms. The minimum Gasteiger partial charge on any atom is -0.461 e. The first-order chi connectivity index (χ1) is 25.7. The summed E-state index contributed by atoms with van der Waals surface area (Å²) in [5.41, 5.74) is 4.36. The first-order valence-electron chi connectivity index (χ1n) is 19.4. The highest BCUT2D eigenvalue weighted by Crippen LogP contribution is 2.49. The number of hydrogen-bond donors (Lipinski definition) is 1. The number of alkyl halides is 1. The normalized spacial score (nSPS) is 26.4. The molecule has 2 aromatic heterocycles. The van der Waals surface area contributed by atoms with E-state index in [2.05, 4.69) is 33.2 Å². The lowest BCUT2D eigenvalue weighted by atomic mass is 9.71. The van der Waals surface area contributed by atoms with Crippen molar-refractivity contribution in [2.75, 3.05) is 50.6 Å². The molecule has 2 fully saturated rings. The van der Waals surface area contributed by atoms with Gasteiger partial charge in [0.2, 0.25) is 0 Å². The lowest BCUT2D eigenvalue weighted by Gasteiger charge is -2.45. The van der Waals surface area contributed by atoms with E-state index >= 15 is 0 Å². The molecule has 5 aliphatic rings. The number of nitrogens with zero attached hydrogens (tertiary/aromatic N) is 7. The van der Waals surface area contributed by atoms with Gasteiger partial charge in [0, 0.05) is 57.8 Å². The number of hydrogen-bond acceptors (Lipinski definition) is 10. The molecule has 2 amide bonds. The van der Waals surface area contributed by atoms with Crippen molar-refractivity contribution in [3.63, 3.8) is 0 Å². The molecule has 4 aliphatic heterocycles. The predicted octanol–water partition coefficient (Wildman–Crippen LogP) is 5.64. The molecule has 1 aromatic carbocycles. The lowest BCUT2D eigenvalue weighted by molar-refractivity contribution is -0.0938. The zero-order chi connectivity index (χ0) is 38.0. The van der Waals surface area contributed by atoms with Gasteiger partial charge in [-0.2, -0.15) is 15.1 Å². The van der Waals surface area contributed by atoms with Crippen LogP contribution in [0.4, 0.5) is 20.7 Å². The van der Waals surface area contributed by atoms with Gasteiger partial charge in [-0.15, -0.1) is 0 Å². The molecule has 1 N–H and O–H groups in total. The van der Waals surface area contributed by atoms with Crippen molar-refractivity contribution >= 4 is 23.5 Å². The van der Waals surface area contributed by atoms with E-state index in [4.69, 9.17) is 24.2 Å². The Hall–Kier alpha value is -4.30. The molecule has 2 unspecified atom stereocenters. The highest BCUT2D eigenvalue weighted by molar-refractivity contribution is 5.92. The number of ether oxygens (including phenoxy) is 3. The molecule has 0 saturated carbocycles. The number of carbonyl (C=O) groups excluding carboxylic acids is 2. The molecule has 6 heterocycles. The van der Waals surface area contributed by atoms with Gasteiger partial charge in [0.15, 0.2) is 5.69 Å². The van der Waals surface area contributed by atoms with Gasteiger partial charge in [-0.3, -0.25) is 19.7 Å². The number of halogens is 1. The van der Waals surface area contributed by atoms with Crippen LogP contribution in [0.2, 0.25) is 0 Å². The number of carbonyl (C=O) groups is 2. The summed E-state index contributed by atoms with van der Waals surface area (Å²) < 4.78 is 35.7. The summed E-state index contributed by atoms with van der Waals surface area (Å²) in [4.78, 5) is 41.8. The Labute approximate surface area is 316 Å². The van der Waals surface area contributed by atoms with Gasteiger partial charge >= 0.3 is 12.1 Å². The summed E-state index contributed by atoms with van der Waals surface area (Å²) in [6.45, 7) is 11.6. The highest BCUT2D eigenvalue weighted by atomic mass is 19.1. The Bertz CT molecular complexity index is 1950. The van der Waals surface area contributed by atoms with Crippen LogP contribution in [0, 0.1) is 5.92 Å². The average Bonchev–Trinajstić information content (AvgIpc) is 3.73. The Balaban J connectivity index is 1.15. The average molecular weight is 745 g/mol. The van der Waals surface area contributed by atoms with Crippen LogP contribution in [0.15, 0.2) is 24.3 Å². The van der Waals surface area contributed by atoms with Crippen LogP contribution in [0.3, 0.4) is 0 Å². The van der Waals surface area contributed by atoms with E-state index in [1.807, 2.05) is 43.7 Å². The maximum Gasteiger partial charge on any atom is 0.412 e. The number of rotatable bonds is 6. The number of aromatic nitrogens is 4. The third-order valence-corrected chi connectivity index (χ3v) is 11.7. The molecule has 1 aliphatic carbocycles. The van der Waals surface area contributed by atoms with E-state index in [0.717, 1.165) is 73.5 Å². The number of amides is 2. The van der Waals surface area contributed by atoms with Crippen molar-refractivity contribution in [3.05, 3.63) is 58.0 Å². The Morgan fingerprint density at radius 3 is 2.74 bits per heavy atom. The fraction of sp³-hybridized carbons (Fsp3) is 0.625. The van der Waals surface area contributed by atoms with E-state index in [1.165, 1.54) is 5.56 Å². The minimum atomic E-state index is -0.861. The van der Waals surface area contributed by atoms with Crippen molar-refractivity contribution in [2.24, 2.45) is 5.92 Å². The van der Waals surface area contributed by atoms with Crippen molar-refractivity contribution < 1.29 is 28.2 Å².